The molecule has 0 fully saturated rings. The van der Waals surface area contributed by atoms with Crippen LogP contribution in [0.2, 0.25) is 5.02 Å². The van der Waals surface area contributed by atoms with E-state index in [1.54, 1.807) is 13.3 Å². The lowest BCUT2D eigenvalue weighted by Crippen LogP contribution is -2.24. The summed E-state index contributed by atoms with van der Waals surface area (Å²) >= 11 is 6.36. The van der Waals surface area contributed by atoms with Crippen molar-refractivity contribution in [3.63, 3.8) is 0 Å². The number of methoxy groups -OCH3 is 1. The number of nitrogens with zero attached hydrogens (tertiary/aromatic N) is 3. The number of aryl methyl sites for hydroxylation is 1. The minimum Gasteiger partial charge on any atom is -0.383 e. The molecule has 2 rings (SSSR count). The third-order valence-corrected chi connectivity index (χ3v) is 3.83. The molecule has 1 atom stereocenters. The van der Waals surface area contributed by atoms with Gasteiger partial charge in [-0.1, -0.05) is 18.5 Å². The van der Waals surface area contributed by atoms with Gasteiger partial charge in [0.15, 0.2) is 0 Å². The van der Waals surface area contributed by atoms with Crippen LogP contribution in [0.4, 0.5) is 0 Å². The fourth-order valence-electron chi connectivity index (χ4n) is 2.47. The van der Waals surface area contributed by atoms with E-state index < -0.39 is 0 Å². The second-order valence-corrected chi connectivity index (χ2v) is 5.15. The molecule has 0 aromatic carbocycles. The van der Waals surface area contributed by atoms with Crippen LogP contribution in [-0.2, 0) is 17.7 Å². The molecule has 0 amide bonds. The van der Waals surface area contributed by atoms with Crippen molar-refractivity contribution in [2.24, 2.45) is 0 Å². The van der Waals surface area contributed by atoms with Crippen molar-refractivity contribution in [3.8, 4) is 0 Å². The first kappa shape index (κ1) is 15.9. The minimum atomic E-state index is -0.0187. The fraction of sp³-hybridized carbons (Fsp3) is 0.467. The maximum absolute atomic E-state index is 6.36. The Labute approximate surface area is 130 Å². The summed E-state index contributed by atoms with van der Waals surface area (Å²) in [6.45, 7) is 3.39. The normalized spacial score (nSPS) is 12.6. The predicted molar refractivity (Wildman–Crippen MR) is 83.6 cm³/mol. The van der Waals surface area contributed by atoms with Crippen molar-refractivity contribution in [2.45, 2.75) is 25.9 Å². The molecular formula is C15H21ClN4O. The van der Waals surface area contributed by atoms with E-state index in [-0.39, 0.29) is 6.04 Å². The monoisotopic (exact) mass is 308 g/mol. The van der Waals surface area contributed by atoms with Crippen LogP contribution in [0.5, 0.6) is 0 Å². The number of nitrogens with one attached hydrogen (secondary N) is 1. The highest BCUT2D eigenvalue weighted by atomic mass is 35.5. The van der Waals surface area contributed by atoms with Gasteiger partial charge in [-0.05, 0) is 30.7 Å². The molecule has 1 N–H and O–H groups in total. The topological polar surface area (TPSA) is 52.0 Å². The molecule has 0 saturated heterocycles. The lowest BCUT2D eigenvalue weighted by atomic mass is 9.98. The lowest BCUT2D eigenvalue weighted by molar-refractivity contribution is 0.182. The average molecular weight is 309 g/mol. The van der Waals surface area contributed by atoms with E-state index in [0.29, 0.717) is 18.2 Å². The van der Waals surface area contributed by atoms with Crippen molar-refractivity contribution in [1.29, 1.82) is 0 Å². The third kappa shape index (κ3) is 3.43. The van der Waals surface area contributed by atoms with E-state index in [4.69, 9.17) is 16.3 Å². The molecule has 0 radical (unpaired) electrons. The molecule has 6 heteroatoms. The Morgan fingerprint density at radius 3 is 2.90 bits per heavy atom. The van der Waals surface area contributed by atoms with Gasteiger partial charge in [-0.2, -0.15) is 5.10 Å². The van der Waals surface area contributed by atoms with Gasteiger partial charge in [-0.3, -0.25) is 9.67 Å². The van der Waals surface area contributed by atoms with Crippen LogP contribution in [-0.4, -0.2) is 35.5 Å². The second kappa shape index (κ2) is 7.54. The molecule has 1 unspecified atom stereocenters. The number of halogens is 1. The van der Waals surface area contributed by atoms with E-state index in [9.17, 15) is 0 Å². The van der Waals surface area contributed by atoms with Gasteiger partial charge >= 0.3 is 0 Å². The number of aromatic nitrogens is 3. The Kier molecular flexibility index (Phi) is 5.73. The zero-order valence-electron chi connectivity index (χ0n) is 12.6. The molecule has 0 aliphatic carbocycles. The summed E-state index contributed by atoms with van der Waals surface area (Å²) in [7, 11) is 3.60. The molecule has 114 valence electrons. The minimum absolute atomic E-state index is 0.0187. The summed E-state index contributed by atoms with van der Waals surface area (Å²) in [6, 6.07) is 2.01. The Balaban J connectivity index is 2.44. The summed E-state index contributed by atoms with van der Waals surface area (Å²) in [6.07, 6.45) is 6.32. The summed E-state index contributed by atoms with van der Waals surface area (Å²) in [4.78, 5) is 4.21. The van der Waals surface area contributed by atoms with Crippen LogP contribution in [0.25, 0.3) is 0 Å². The average Bonchev–Trinajstić information content (AvgIpc) is 2.88. The van der Waals surface area contributed by atoms with Crippen LogP contribution in [0.1, 0.15) is 29.8 Å². The summed E-state index contributed by atoms with van der Waals surface area (Å²) in [5.74, 6) is 0. The van der Waals surface area contributed by atoms with Crippen LogP contribution < -0.4 is 5.32 Å². The molecule has 2 heterocycles. The van der Waals surface area contributed by atoms with Crippen LogP contribution in [0.3, 0.4) is 0 Å². The Morgan fingerprint density at radius 2 is 2.24 bits per heavy atom. The molecule has 5 nitrogen and oxygen atoms in total. The SMILES string of the molecule is CCc1cnccc1C(NC)c1c(Cl)cnn1CCOC. The first-order valence-corrected chi connectivity index (χ1v) is 7.40. The summed E-state index contributed by atoms with van der Waals surface area (Å²) in [5, 5.41) is 8.35. The highest BCUT2D eigenvalue weighted by Crippen LogP contribution is 2.29. The van der Waals surface area contributed by atoms with Gasteiger partial charge < -0.3 is 10.1 Å². The largest absolute Gasteiger partial charge is 0.383 e. The van der Waals surface area contributed by atoms with E-state index in [1.807, 2.05) is 30.2 Å². The number of rotatable bonds is 7. The number of ether oxygens (including phenoxy) is 1. The van der Waals surface area contributed by atoms with E-state index in [2.05, 4.69) is 22.3 Å². The first-order chi connectivity index (χ1) is 10.2. The molecule has 0 aliphatic rings. The molecule has 2 aromatic rings. The van der Waals surface area contributed by atoms with Crippen molar-refractivity contribution in [1.82, 2.24) is 20.1 Å². The predicted octanol–water partition coefficient (Wildman–Crippen LogP) is 2.45. The highest BCUT2D eigenvalue weighted by Gasteiger charge is 2.22. The summed E-state index contributed by atoms with van der Waals surface area (Å²) in [5.41, 5.74) is 3.33. The quantitative estimate of drug-likeness (QED) is 0.853. The second-order valence-electron chi connectivity index (χ2n) is 4.74. The third-order valence-electron chi connectivity index (χ3n) is 3.54. The van der Waals surface area contributed by atoms with Crippen LogP contribution >= 0.6 is 11.6 Å². The molecule has 0 bridgehead atoms. The molecule has 0 spiro atoms. The van der Waals surface area contributed by atoms with Crippen LogP contribution in [0.15, 0.2) is 24.7 Å². The van der Waals surface area contributed by atoms with E-state index in [1.165, 1.54) is 11.1 Å². The maximum atomic E-state index is 6.36. The van der Waals surface area contributed by atoms with Gasteiger partial charge in [0, 0.05) is 19.5 Å². The number of hydrogen-bond acceptors (Lipinski definition) is 4. The van der Waals surface area contributed by atoms with Crippen molar-refractivity contribution >= 4 is 11.6 Å². The van der Waals surface area contributed by atoms with Gasteiger partial charge in [-0.25, -0.2) is 0 Å². The number of hydrogen-bond donors (Lipinski definition) is 1. The van der Waals surface area contributed by atoms with Gasteiger partial charge in [-0.15, -0.1) is 0 Å². The van der Waals surface area contributed by atoms with E-state index in [0.717, 1.165) is 12.1 Å². The Bertz CT molecular complexity index is 585. The van der Waals surface area contributed by atoms with Crippen molar-refractivity contribution in [2.75, 3.05) is 20.8 Å². The standard InChI is InChI=1S/C15H21ClN4O/c1-4-11-9-18-6-5-12(11)14(17-2)15-13(16)10-19-20(15)7-8-21-3/h5-6,9-10,14,17H,4,7-8H2,1-3H3. The molecule has 21 heavy (non-hydrogen) atoms. The van der Waals surface area contributed by atoms with Crippen molar-refractivity contribution < 1.29 is 4.74 Å². The van der Waals surface area contributed by atoms with Gasteiger partial charge in [0.25, 0.3) is 0 Å². The van der Waals surface area contributed by atoms with Gasteiger partial charge in [0.05, 0.1) is 36.1 Å². The summed E-state index contributed by atoms with van der Waals surface area (Å²) < 4.78 is 7.04. The smallest absolute Gasteiger partial charge is 0.0837 e. The van der Waals surface area contributed by atoms with Gasteiger partial charge in [0.1, 0.15) is 0 Å². The zero-order chi connectivity index (χ0) is 15.2. The first-order valence-electron chi connectivity index (χ1n) is 7.03. The molecule has 2 aromatic heterocycles. The van der Waals surface area contributed by atoms with Gasteiger partial charge in [0.2, 0.25) is 0 Å². The zero-order valence-corrected chi connectivity index (χ0v) is 13.4. The Morgan fingerprint density at radius 1 is 1.43 bits per heavy atom. The fourth-order valence-corrected chi connectivity index (χ4v) is 2.72. The molecule has 0 saturated carbocycles. The molecule has 0 aliphatic heterocycles. The van der Waals surface area contributed by atoms with Crippen molar-refractivity contribution in [3.05, 3.63) is 46.5 Å². The van der Waals surface area contributed by atoms with Crippen LogP contribution in [0, 0.1) is 0 Å². The maximum Gasteiger partial charge on any atom is 0.0837 e. The Hall–Kier alpha value is -1.43. The highest BCUT2D eigenvalue weighted by molar-refractivity contribution is 6.31. The molecular weight excluding hydrogens is 288 g/mol. The lowest BCUT2D eigenvalue weighted by Gasteiger charge is -2.21. The number of pyridine rings is 1. The van der Waals surface area contributed by atoms with E-state index >= 15 is 0 Å².